The largest absolute Gasteiger partial charge is 0.399 e. The van der Waals surface area contributed by atoms with E-state index in [-0.39, 0.29) is 9.92 Å². The van der Waals surface area contributed by atoms with Crippen LogP contribution in [0.1, 0.15) is 0 Å². The zero-order valence-corrected chi connectivity index (χ0v) is 8.64. The molecule has 14 heavy (non-hydrogen) atoms. The minimum Gasteiger partial charge on any atom is -0.399 e. The number of benzene rings is 1. The van der Waals surface area contributed by atoms with Gasteiger partial charge in [-0.15, -0.1) is 0 Å². The predicted molar refractivity (Wildman–Crippen MR) is 53.5 cm³/mol. The predicted octanol–water partition coefficient (Wildman–Crippen LogP) is 1.22. The van der Waals surface area contributed by atoms with Crippen molar-refractivity contribution in [3.8, 4) is 6.07 Å². The number of nitrogens with two attached hydrogens (primary N) is 1. The molecule has 0 spiro atoms. The summed E-state index contributed by atoms with van der Waals surface area (Å²) in [7, 11) is -3.64. The Morgan fingerprint density at radius 1 is 1.50 bits per heavy atom. The average Bonchev–Trinajstić information content (AvgIpc) is 2.09. The fourth-order valence-electron chi connectivity index (χ4n) is 0.921. The molecule has 1 aromatic carbocycles. The summed E-state index contributed by atoms with van der Waals surface area (Å²) in [5, 5.41) is 8.40. The van der Waals surface area contributed by atoms with Crippen LogP contribution in [-0.2, 0) is 9.84 Å². The van der Waals surface area contributed by atoms with Crippen molar-refractivity contribution in [3.05, 3.63) is 23.2 Å². The molecule has 1 aromatic rings. The molecule has 4 nitrogen and oxygen atoms in total. The Balaban J connectivity index is 3.33. The molecule has 0 amide bonds. The third kappa shape index (κ3) is 2.16. The first-order valence-electron chi connectivity index (χ1n) is 3.62. The number of nitriles is 1. The second-order valence-electron chi connectivity index (χ2n) is 2.61. The molecule has 0 saturated heterocycles. The molecular formula is C8H7ClN2O2S. The maximum Gasteiger partial charge on any atom is 0.193 e. The van der Waals surface area contributed by atoms with Crippen molar-refractivity contribution in [2.24, 2.45) is 0 Å². The summed E-state index contributed by atoms with van der Waals surface area (Å²) in [5.74, 6) is -0.601. The third-order valence-corrected chi connectivity index (χ3v) is 3.50. The highest BCUT2D eigenvalue weighted by molar-refractivity contribution is 7.91. The van der Waals surface area contributed by atoms with E-state index in [1.54, 1.807) is 6.07 Å². The molecule has 0 unspecified atom stereocenters. The minimum absolute atomic E-state index is 0.0782. The monoisotopic (exact) mass is 230 g/mol. The van der Waals surface area contributed by atoms with E-state index >= 15 is 0 Å². The normalized spacial score (nSPS) is 10.9. The molecule has 0 bridgehead atoms. The standard InChI is InChI=1S/C8H7ClN2O2S/c9-7-2-1-6(11)5-8(7)14(12,13)4-3-10/h1-2,5H,4,11H2. The lowest BCUT2D eigenvalue weighted by Crippen LogP contribution is -2.06. The smallest absolute Gasteiger partial charge is 0.193 e. The molecule has 0 aliphatic carbocycles. The summed E-state index contributed by atoms with van der Waals surface area (Å²) in [6, 6.07) is 5.69. The summed E-state index contributed by atoms with van der Waals surface area (Å²) < 4.78 is 22.9. The lowest BCUT2D eigenvalue weighted by Gasteiger charge is -2.03. The highest BCUT2D eigenvalue weighted by Crippen LogP contribution is 2.24. The van der Waals surface area contributed by atoms with Gasteiger partial charge in [-0.2, -0.15) is 5.26 Å². The molecule has 2 N–H and O–H groups in total. The quantitative estimate of drug-likeness (QED) is 0.775. The summed E-state index contributed by atoms with van der Waals surface area (Å²) in [6.07, 6.45) is 0. The molecule has 0 heterocycles. The molecule has 74 valence electrons. The number of sulfone groups is 1. The molecule has 0 aromatic heterocycles. The Morgan fingerprint density at radius 2 is 2.14 bits per heavy atom. The van der Waals surface area contributed by atoms with Crippen molar-refractivity contribution >= 4 is 27.1 Å². The van der Waals surface area contributed by atoms with Crippen LogP contribution in [-0.4, -0.2) is 14.2 Å². The Hall–Kier alpha value is -1.25. The molecule has 0 atom stereocenters. The SMILES string of the molecule is N#CCS(=O)(=O)c1cc(N)ccc1Cl. The summed E-state index contributed by atoms with van der Waals surface area (Å²) in [4.78, 5) is -0.0966. The van der Waals surface area contributed by atoms with E-state index in [0.29, 0.717) is 5.69 Å². The van der Waals surface area contributed by atoms with Crippen LogP contribution >= 0.6 is 11.6 Å². The number of halogens is 1. The molecule has 6 heteroatoms. The van der Waals surface area contributed by atoms with Crippen molar-refractivity contribution in [3.63, 3.8) is 0 Å². The molecule has 0 aliphatic rings. The third-order valence-electron chi connectivity index (χ3n) is 1.54. The molecule has 1 rings (SSSR count). The Labute approximate surface area is 86.8 Å². The molecule has 0 fully saturated rings. The van der Waals surface area contributed by atoms with Crippen molar-refractivity contribution in [2.75, 3.05) is 11.5 Å². The van der Waals surface area contributed by atoms with Gasteiger partial charge < -0.3 is 5.73 Å². The van der Waals surface area contributed by atoms with Crippen LogP contribution in [0.4, 0.5) is 5.69 Å². The molecule has 0 radical (unpaired) electrons. The Bertz CT molecular complexity index is 491. The lowest BCUT2D eigenvalue weighted by molar-refractivity contribution is 0.599. The fourth-order valence-corrected chi connectivity index (χ4v) is 2.40. The average molecular weight is 231 g/mol. The summed E-state index contributed by atoms with van der Waals surface area (Å²) in [6.45, 7) is 0. The highest BCUT2D eigenvalue weighted by atomic mass is 35.5. The van der Waals surface area contributed by atoms with Gasteiger partial charge in [0.1, 0.15) is 5.75 Å². The van der Waals surface area contributed by atoms with E-state index in [9.17, 15) is 8.42 Å². The number of hydrogen-bond donors (Lipinski definition) is 1. The van der Waals surface area contributed by atoms with Gasteiger partial charge in [0.2, 0.25) is 0 Å². The number of nitrogens with zero attached hydrogens (tertiary/aromatic N) is 1. The van der Waals surface area contributed by atoms with Crippen molar-refractivity contribution < 1.29 is 8.42 Å². The fraction of sp³-hybridized carbons (Fsp3) is 0.125. The lowest BCUT2D eigenvalue weighted by atomic mass is 10.3. The Morgan fingerprint density at radius 3 is 2.71 bits per heavy atom. The number of nitrogen functional groups attached to an aromatic ring is 1. The van der Waals surface area contributed by atoms with Crippen LogP contribution < -0.4 is 5.73 Å². The van der Waals surface area contributed by atoms with Crippen molar-refractivity contribution in [1.82, 2.24) is 0 Å². The zero-order chi connectivity index (χ0) is 10.8. The minimum atomic E-state index is -3.64. The van der Waals surface area contributed by atoms with E-state index in [4.69, 9.17) is 22.6 Å². The van der Waals surface area contributed by atoms with E-state index in [2.05, 4.69) is 0 Å². The van der Waals surface area contributed by atoms with Crippen molar-refractivity contribution in [2.45, 2.75) is 4.90 Å². The summed E-state index contributed by atoms with van der Waals surface area (Å²) >= 11 is 5.67. The number of hydrogen-bond acceptors (Lipinski definition) is 4. The van der Waals surface area contributed by atoms with Gasteiger partial charge in [0.25, 0.3) is 0 Å². The second kappa shape index (κ2) is 3.86. The highest BCUT2D eigenvalue weighted by Gasteiger charge is 2.17. The van der Waals surface area contributed by atoms with Crippen LogP contribution in [0, 0.1) is 11.3 Å². The van der Waals surface area contributed by atoms with Gasteiger partial charge in [0.05, 0.1) is 16.0 Å². The van der Waals surface area contributed by atoms with E-state index < -0.39 is 15.6 Å². The zero-order valence-electron chi connectivity index (χ0n) is 7.07. The number of rotatable bonds is 2. The first-order valence-corrected chi connectivity index (χ1v) is 5.65. The van der Waals surface area contributed by atoms with Crippen molar-refractivity contribution in [1.29, 1.82) is 5.26 Å². The maximum absolute atomic E-state index is 11.4. The van der Waals surface area contributed by atoms with Gasteiger partial charge >= 0.3 is 0 Å². The topological polar surface area (TPSA) is 84.0 Å². The first kappa shape index (κ1) is 10.8. The second-order valence-corrected chi connectivity index (χ2v) is 4.97. The molecular weight excluding hydrogens is 224 g/mol. The van der Waals surface area contributed by atoms with Gasteiger partial charge in [-0.25, -0.2) is 8.42 Å². The maximum atomic E-state index is 11.4. The first-order chi connectivity index (χ1) is 6.47. The van der Waals surface area contributed by atoms with E-state index in [0.717, 1.165) is 0 Å². The van der Waals surface area contributed by atoms with E-state index in [1.807, 2.05) is 0 Å². The van der Waals surface area contributed by atoms with Gasteiger partial charge in [-0.3, -0.25) is 0 Å². The van der Waals surface area contributed by atoms with Gasteiger partial charge in [0, 0.05) is 5.69 Å². The van der Waals surface area contributed by atoms with Crippen LogP contribution in [0.3, 0.4) is 0 Å². The van der Waals surface area contributed by atoms with Gasteiger partial charge in [-0.1, -0.05) is 11.6 Å². The van der Waals surface area contributed by atoms with Crippen LogP contribution in [0.5, 0.6) is 0 Å². The number of anilines is 1. The van der Waals surface area contributed by atoms with Gasteiger partial charge in [0.15, 0.2) is 9.84 Å². The van der Waals surface area contributed by atoms with Crippen LogP contribution in [0.25, 0.3) is 0 Å². The Kier molecular flexibility index (Phi) is 2.99. The van der Waals surface area contributed by atoms with Crippen LogP contribution in [0.2, 0.25) is 5.02 Å². The molecule has 0 aliphatic heterocycles. The molecule has 0 saturated carbocycles. The summed E-state index contributed by atoms with van der Waals surface area (Å²) in [5.41, 5.74) is 5.71. The van der Waals surface area contributed by atoms with Gasteiger partial charge in [-0.05, 0) is 18.2 Å². The van der Waals surface area contributed by atoms with E-state index in [1.165, 1.54) is 18.2 Å². The van der Waals surface area contributed by atoms with Crippen LogP contribution in [0.15, 0.2) is 23.1 Å².